The Balaban J connectivity index is 1.90. The molecule has 0 radical (unpaired) electrons. The van der Waals surface area contributed by atoms with Gasteiger partial charge in [0.05, 0.1) is 30.0 Å². The predicted molar refractivity (Wildman–Crippen MR) is 87.9 cm³/mol. The first-order chi connectivity index (χ1) is 10.9. The SMILES string of the molecule is COc1ccc2ncc3c(c2n1)CCCN3c1ccccc1. The molecule has 4 rings (SSSR count). The van der Waals surface area contributed by atoms with Gasteiger partial charge in [-0.2, -0.15) is 0 Å². The highest BCUT2D eigenvalue weighted by molar-refractivity contribution is 5.85. The minimum Gasteiger partial charge on any atom is -0.481 e. The van der Waals surface area contributed by atoms with Crippen molar-refractivity contribution in [2.24, 2.45) is 0 Å². The van der Waals surface area contributed by atoms with Gasteiger partial charge in [0.2, 0.25) is 5.88 Å². The molecule has 0 atom stereocenters. The van der Waals surface area contributed by atoms with Gasteiger partial charge in [-0.1, -0.05) is 18.2 Å². The van der Waals surface area contributed by atoms with Gasteiger partial charge >= 0.3 is 0 Å². The fraction of sp³-hybridized carbons (Fsp3) is 0.222. The van der Waals surface area contributed by atoms with Gasteiger partial charge in [0.25, 0.3) is 0 Å². The van der Waals surface area contributed by atoms with E-state index in [4.69, 9.17) is 4.74 Å². The zero-order valence-corrected chi connectivity index (χ0v) is 12.5. The van der Waals surface area contributed by atoms with E-state index in [1.54, 1.807) is 7.11 Å². The quantitative estimate of drug-likeness (QED) is 0.721. The van der Waals surface area contributed by atoms with Crippen LogP contribution in [0.3, 0.4) is 0 Å². The van der Waals surface area contributed by atoms with Crippen LogP contribution in [0.2, 0.25) is 0 Å². The normalized spacial score (nSPS) is 14.0. The van der Waals surface area contributed by atoms with E-state index in [0.29, 0.717) is 5.88 Å². The minimum atomic E-state index is 0.638. The average Bonchev–Trinajstić information content (AvgIpc) is 2.61. The van der Waals surface area contributed by atoms with Crippen LogP contribution in [0, 0.1) is 0 Å². The summed E-state index contributed by atoms with van der Waals surface area (Å²) in [5.41, 5.74) is 5.50. The van der Waals surface area contributed by atoms with Crippen molar-refractivity contribution in [3.05, 3.63) is 54.2 Å². The maximum absolute atomic E-state index is 5.27. The zero-order chi connectivity index (χ0) is 14.9. The Morgan fingerprint density at radius 1 is 1.09 bits per heavy atom. The largest absolute Gasteiger partial charge is 0.481 e. The predicted octanol–water partition coefficient (Wildman–Crippen LogP) is 3.72. The summed E-state index contributed by atoms with van der Waals surface area (Å²) in [6.45, 7) is 1.01. The molecule has 0 N–H and O–H groups in total. The van der Waals surface area contributed by atoms with Crippen LogP contribution in [0.15, 0.2) is 48.7 Å². The lowest BCUT2D eigenvalue weighted by Crippen LogP contribution is -2.25. The number of aryl methyl sites for hydroxylation is 1. The van der Waals surface area contributed by atoms with Gasteiger partial charge in [0.1, 0.15) is 0 Å². The van der Waals surface area contributed by atoms with E-state index in [-0.39, 0.29) is 0 Å². The van der Waals surface area contributed by atoms with E-state index < -0.39 is 0 Å². The molecule has 0 unspecified atom stereocenters. The molecule has 0 spiro atoms. The van der Waals surface area contributed by atoms with Crippen molar-refractivity contribution in [1.29, 1.82) is 0 Å². The second-order valence-corrected chi connectivity index (χ2v) is 5.43. The summed E-state index contributed by atoms with van der Waals surface area (Å²) in [7, 11) is 1.65. The molecule has 0 saturated carbocycles. The summed E-state index contributed by atoms with van der Waals surface area (Å²) in [5, 5.41) is 0. The molecule has 4 nitrogen and oxygen atoms in total. The third-order valence-corrected chi connectivity index (χ3v) is 4.15. The number of anilines is 2. The fourth-order valence-corrected chi connectivity index (χ4v) is 3.09. The summed E-state index contributed by atoms with van der Waals surface area (Å²) in [6.07, 6.45) is 4.11. The lowest BCUT2D eigenvalue weighted by atomic mass is 10.0. The van der Waals surface area contributed by atoms with E-state index in [0.717, 1.165) is 36.1 Å². The molecular formula is C18H17N3O. The number of para-hydroxylation sites is 1. The average molecular weight is 291 g/mol. The number of methoxy groups -OCH3 is 1. The highest BCUT2D eigenvalue weighted by atomic mass is 16.5. The van der Waals surface area contributed by atoms with Crippen LogP contribution in [0.4, 0.5) is 11.4 Å². The first-order valence-electron chi connectivity index (χ1n) is 7.52. The molecule has 0 fully saturated rings. The molecule has 0 bridgehead atoms. The summed E-state index contributed by atoms with van der Waals surface area (Å²) in [4.78, 5) is 11.5. The fourth-order valence-electron chi connectivity index (χ4n) is 3.09. The van der Waals surface area contributed by atoms with Crippen LogP contribution in [-0.2, 0) is 6.42 Å². The standard InChI is InChI=1S/C18H17N3O/c1-22-17-10-9-15-18(20-17)14-8-5-11-21(16(14)12-19-15)13-6-3-2-4-7-13/h2-4,6-7,9-10,12H,5,8,11H2,1H3. The molecule has 22 heavy (non-hydrogen) atoms. The van der Waals surface area contributed by atoms with Gasteiger partial charge in [0, 0.05) is 23.9 Å². The number of rotatable bonds is 2. The molecular weight excluding hydrogens is 274 g/mol. The van der Waals surface area contributed by atoms with Gasteiger partial charge in [-0.25, -0.2) is 4.98 Å². The molecule has 2 aromatic heterocycles. The third-order valence-electron chi connectivity index (χ3n) is 4.15. The minimum absolute atomic E-state index is 0.638. The van der Waals surface area contributed by atoms with Crippen LogP contribution in [-0.4, -0.2) is 23.6 Å². The Kier molecular flexibility index (Phi) is 3.15. The van der Waals surface area contributed by atoms with Crippen LogP contribution < -0.4 is 9.64 Å². The Morgan fingerprint density at radius 3 is 2.77 bits per heavy atom. The van der Waals surface area contributed by atoms with Crippen LogP contribution in [0.1, 0.15) is 12.0 Å². The molecule has 0 aliphatic carbocycles. The molecule has 1 aromatic carbocycles. The van der Waals surface area contributed by atoms with Gasteiger partial charge in [-0.15, -0.1) is 0 Å². The Hall–Kier alpha value is -2.62. The smallest absolute Gasteiger partial charge is 0.213 e. The number of ether oxygens (including phenoxy) is 1. The molecule has 1 aliphatic heterocycles. The van der Waals surface area contributed by atoms with E-state index in [1.165, 1.54) is 11.3 Å². The maximum Gasteiger partial charge on any atom is 0.213 e. The second kappa shape index (κ2) is 5.30. The van der Waals surface area contributed by atoms with Crippen molar-refractivity contribution in [3.63, 3.8) is 0 Å². The molecule has 1 aliphatic rings. The Labute approximate surface area is 129 Å². The van der Waals surface area contributed by atoms with Gasteiger partial charge in [-0.3, -0.25) is 4.98 Å². The van der Waals surface area contributed by atoms with E-state index in [9.17, 15) is 0 Å². The van der Waals surface area contributed by atoms with Crippen molar-refractivity contribution in [1.82, 2.24) is 9.97 Å². The van der Waals surface area contributed by atoms with Gasteiger partial charge < -0.3 is 9.64 Å². The van der Waals surface area contributed by atoms with E-state index in [1.807, 2.05) is 24.4 Å². The first kappa shape index (κ1) is 13.1. The molecule has 4 heteroatoms. The number of aromatic nitrogens is 2. The summed E-state index contributed by atoms with van der Waals surface area (Å²) in [6, 6.07) is 14.3. The van der Waals surface area contributed by atoms with E-state index >= 15 is 0 Å². The van der Waals surface area contributed by atoms with Gasteiger partial charge in [0.15, 0.2) is 0 Å². The summed E-state index contributed by atoms with van der Waals surface area (Å²) in [5.74, 6) is 0.638. The lowest BCUT2D eigenvalue weighted by Gasteiger charge is -2.31. The monoisotopic (exact) mass is 291 g/mol. The summed E-state index contributed by atoms with van der Waals surface area (Å²) < 4.78 is 5.27. The highest BCUT2D eigenvalue weighted by Gasteiger charge is 2.21. The highest BCUT2D eigenvalue weighted by Crippen LogP contribution is 2.36. The third kappa shape index (κ3) is 2.08. The van der Waals surface area contributed by atoms with Crippen molar-refractivity contribution in [3.8, 4) is 5.88 Å². The zero-order valence-electron chi connectivity index (χ0n) is 12.5. The molecule has 3 heterocycles. The van der Waals surface area contributed by atoms with Crippen LogP contribution in [0.25, 0.3) is 11.0 Å². The molecule has 0 amide bonds. The van der Waals surface area contributed by atoms with Crippen molar-refractivity contribution in [2.45, 2.75) is 12.8 Å². The maximum atomic E-state index is 5.27. The Bertz CT molecular complexity index is 817. The molecule has 0 saturated heterocycles. The van der Waals surface area contributed by atoms with Crippen molar-refractivity contribution < 1.29 is 4.74 Å². The van der Waals surface area contributed by atoms with Crippen molar-refractivity contribution >= 4 is 22.4 Å². The number of pyridine rings is 2. The molecule has 3 aromatic rings. The number of nitrogens with zero attached hydrogens (tertiary/aromatic N) is 3. The molecule has 110 valence electrons. The van der Waals surface area contributed by atoms with Crippen molar-refractivity contribution in [2.75, 3.05) is 18.6 Å². The Morgan fingerprint density at radius 2 is 1.95 bits per heavy atom. The number of fused-ring (bicyclic) bond motifs is 3. The van der Waals surface area contributed by atoms with Gasteiger partial charge in [-0.05, 0) is 31.0 Å². The number of hydrogen-bond donors (Lipinski definition) is 0. The lowest BCUT2D eigenvalue weighted by molar-refractivity contribution is 0.399. The summed E-state index contributed by atoms with van der Waals surface area (Å²) >= 11 is 0. The van der Waals surface area contributed by atoms with Crippen LogP contribution in [0.5, 0.6) is 5.88 Å². The first-order valence-corrected chi connectivity index (χ1v) is 7.52. The van der Waals surface area contributed by atoms with Crippen LogP contribution >= 0.6 is 0 Å². The van der Waals surface area contributed by atoms with E-state index in [2.05, 4.69) is 39.1 Å². The number of hydrogen-bond acceptors (Lipinski definition) is 4. The number of benzene rings is 1. The topological polar surface area (TPSA) is 38.3 Å². The second-order valence-electron chi connectivity index (χ2n) is 5.43.